The molecule has 0 spiro atoms. The normalized spacial score (nSPS) is 16.8. The first kappa shape index (κ1) is 28.6. The fraction of sp³-hybridized carbons (Fsp3) is 0.303. The lowest BCUT2D eigenvalue weighted by Gasteiger charge is -2.26. The molecule has 3 aromatic rings. The number of amides is 2. The number of aliphatic hydroxyl groups excluding tert-OH is 1. The molecule has 1 heterocycles. The second kappa shape index (κ2) is 11.4. The summed E-state index contributed by atoms with van der Waals surface area (Å²) in [4.78, 5) is 40.0. The summed E-state index contributed by atoms with van der Waals surface area (Å²) in [5.74, 6) is -1.25. The third-order valence-electron chi connectivity index (χ3n) is 6.97. The lowest BCUT2D eigenvalue weighted by molar-refractivity contribution is -0.132. The van der Waals surface area contributed by atoms with E-state index in [-0.39, 0.29) is 22.7 Å². The van der Waals surface area contributed by atoms with Gasteiger partial charge in [-0.2, -0.15) is 0 Å². The first-order valence-corrected chi connectivity index (χ1v) is 13.5. The SMILES string of the molecule is CCOc1ccc(/C(O)=C2/C(=O)C(=O)N(c3ccc(NC(C)=O)cc3)C2c2ccc(CC)cc2)cc1C(C)(C)C. The molecule has 1 unspecified atom stereocenters. The number of ketones is 1. The maximum Gasteiger partial charge on any atom is 0.300 e. The van der Waals surface area contributed by atoms with Gasteiger partial charge in [-0.1, -0.05) is 52.0 Å². The van der Waals surface area contributed by atoms with E-state index in [4.69, 9.17) is 4.74 Å². The van der Waals surface area contributed by atoms with Gasteiger partial charge in [0.1, 0.15) is 11.5 Å². The van der Waals surface area contributed by atoms with Crippen molar-refractivity contribution in [2.45, 2.75) is 59.4 Å². The van der Waals surface area contributed by atoms with Gasteiger partial charge < -0.3 is 15.2 Å². The van der Waals surface area contributed by atoms with Crippen LogP contribution in [-0.4, -0.2) is 29.3 Å². The summed E-state index contributed by atoms with van der Waals surface area (Å²) < 4.78 is 5.83. The zero-order valence-electron chi connectivity index (χ0n) is 23.9. The highest BCUT2D eigenvalue weighted by Gasteiger charge is 2.47. The van der Waals surface area contributed by atoms with E-state index in [0.29, 0.717) is 34.9 Å². The molecule has 0 radical (unpaired) electrons. The molecule has 1 fully saturated rings. The van der Waals surface area contributed by atoms with Crippen molar-refractivity contribution in [3.63, 3.8) is 0 Å². The van der Waals surface area contributed by atoms with Crippen molar-refractivity contribution in [2.24, 2.45) is 0 Å². The van der Waals surface area contributed by atoms with Crippen molar-refractivity contribution in [1.82, 2.24) is 0 Å². The van der Waals surface area contributed by atoms with E-state index in [1.54, 1.807) is 36.4 Å². The molecule has 2 amide bonds. The number of benzene rings is 3. The molecule has 0 saturated carbocycles. The second-order valence-electron chi connectivity index (χ2n) is 10.9. The van der Waals surface area contributed by atoms with E-state index in [0.717, 1.165) is 17.5 Å². The average Bonchev–Trinajstić information content (AvgIpc) is 3.18. The van der Waals surface area contributed by atoms with Crippen molar-refractivity contribution in [1.29, 1.82) is 0 Å². The minimum atomic E-state index is -0.845. The molecular weight excluding hydrogens is 504 g/mol. The van der Waals surface area contributed by atoms with Gasteiger partial charge in [0.2, 0.25) is 5.91 Å². The predicted octanol–water partition coefficient (Wildman–Crippen LogP) is 6.53. The largest absolute Gasteiger partial charge is 0.507 e. The zero-order chi connectivity index (χ0) is 29.2. The predicted molar refractivity (Wildman–Crippen MR) is 158 cm³/mol. The van der Waals surface area contributed by atoms with E-state index in [9.17, 15) is 19.5 Å². The summed E-state index contributed by atoms with van der Waals surface area (Å²) >= 11 is 0. The molecule has 1 saturated heterocycles. The summed E-state index contributed by atoms with van der Waals surface area (Å²) in [6.45, 7) is 12.0. The molecule has 40 heavy (non-hydrogen) atoms. The summed E-state index contributed by atoms with van der Waals surface area (Å²) in [7, 11) is 0. The first-order chi connectivity index (χ1) is 19.0. The van der Waals surface area contributed by atoms with E-state index >= 15 is 0 Å². The van der Waals surface area contributed by atoms with Crippen molar-refractivity contribution in [2.75, 3.05) is 16.8 Å². The molecule has 1 atom stereocenters. The Kier molecular flexibility index (Phi) is 8.14. The number of hydrogen-bond acceptors (Lipinski definition) is 5. The number of carbonyl (C=O) groups excluding carboxylic acids is 3. The van der Waals surface area contributed by atoms with Crippen molar-refractivity contribution in [3.05, 3.63) is 94.6 Å². The van der Waals surface area contributed by atoms with E-state index in [1.807, 2.05) is 58.0 Å². The van der Waals surface area contributed by atoms with Crippen LogP contribution in [0.25, 0.3) is 5.76 Å². The quantitative estimate of drug-likeness (QED) is 0.202. The molecule has 2 N–H and O–H groups in total. The zero-order valence-corrected chi connectivity index (χ0v) is 23.9. The van der Waals surface area contributed by atoms with Gasteiger partial charge in [0.05, 0.1) is 18.2 Å². The highest BCUT2D eigenvalue weighted by molar-refractivity contribution is 6.51. The maximum atomic E-state index is 13.6. The summed E-state index contributed by atoms with van der Waals surface area (Å²) in [6, 6.07) is 18.9. The van der Waals surface area contributed by atoms with Gasteiger partial charge in [0, 0.05) is 29.4 Å². The number of aryl methyl sites for hydroxylation is 1. The number of ether oxygens (including phenoxy) is 1. The van der Waals surface area contributed by atoms with Gasteiger partial charge in [-0.05, 0) is 72.4 Å². The number of rotatable bonds is 7. The number of carbonyl (C=O) groups is 3. The number of hydrogen-bond donors (Lipinski definition) is 2. The fourth-order valence-corrected chi connectivity index (χ4v) is 4.96. The molecule has 1 aliphatic rings. The third-order valence-corrected chi connectivity index (χ3v) is 6.97. The number of nitrogens with zero attached hydrogens (tertiary/aromatic N) is 1. The lowest BCUT2D eigenvalue weighted by atomic mass is 9.84. The molecule has 7 heteroatoms. The maximum absolute atomic E-state index is 13.6. The molecule has 4 rings (SSSR count). The van der Waals surface area contributed by atoms with Crippen LogP contribution < -0.4 is 15.0 Å². The van der Waals surface area contributed by atoms with Crippen molar-refractivity contribution >= 4 is 34.7 Å². The van der Waals surface area contributed by atoms with Crippen LogP contribution in [0, 0.1) is 0 Å². The fourth-order valence-electron chi connectivity index (χ4n) is 4.96. The van der Waals surface area contributed by atoms with E-state index in [1.165, 1.54) is 11.8 Å². The Morgan fingerprint density at radius 2 is 1.62 bits per heavy atom. The molecule has 0 aliphatic carbocycles. The molecular formula is C33H36N2O5. The topological polar surface area (TPSA) is 95.9 Å². The average molecular weight is 541 g/mol. The number of nitrogens with one attached hydrogen (secondary N) is 1. The molecule has 0 bridgehead atoms. The summed E-state index contributed by atoms with van der Waals surface area (Å²) in [6.07, 6.45) is 0.840. The van der Waals surface area contributed by atoms with Crippen LogP contribution in [0.2, 0.25) is 0 Å². The number of aliphatic hydroxyl groups is 1. The van der Waals surface area contributed by atoms with Crippen molar-refractivity contribution < 1.29 is 24.2 Å². The highest BCUT2D eigenvalue weighted by atomic mass is 16.5. The standard InChI is InChI=1S/C33H36N2O5/c1-7-21-9-11-22(12-10-21)29-28(30(37)23-13-18-27(40-8-2)26(19-23)33(4,5)6)31(38)32(39)35(29)25-16-14-24(15-17-25)34-20(3)36/h9-19,29,37H,7-8H2,1-6H3,(H,34,36)/b30-28-. The number of anilines is 2. The Hall–Kier alpha value is -4.39. The van der Waals surface area contributed by atoms with Crippen LogP contribution in [0.4, 0.5) is 11.4 Å². The second-order valence-corrected chi connectivity index (χ2v) is 10.9. The van der Waals surface area contributed by atoms with Gasteiger partial charge in [-0.3, -0.25) is 19.3 Å². The van der Waals surface area contributed by atoms with Gasteiger partial charge in [-0.15, -0.1) is 0 Å². The third kappa shape index (κ3) is 5.64. The highest BCUT2D eigenvalue weighted by Crippen LogP contribution is 2.43. The molecule has 7 nitrogen and oxygen atoms in total. The molecule has 1 aliphatic heterocycles. The van der Waals surface area contributed by atoms with Crippen LogP contribution in [0.1, 0.15) is 69.8 Å². The smallest absolute Gasteiger partial charge is 0.300 e. The molecule has 0 aromatic heterocycles. The van der Waals surface area contributed by atoms with Gasteiger partial charge in [0.25, 0.3) is 11.7 Å². The first-order valence-electron chi connectivity index (χ1n) is 13.5. The number of Topliss-reactive ketones (excluding diaryl/α,β-unsaturated/α-hetero) is 1. The van der Waals surface area contributed by atoms with Gasteiger partial charge in [-0.25, -0.2) is 0 Å². The molecule has 3 aromatic carbocycles. The lowest BCUT2D eigenvalue weighted by Crippen LogP contribution is -2.29. The Morgan fingerprint density at radius 3 is 2.17 bits per heavy atom. The Balaban J connectivity index is 1.90. The summed E-state index contributed by atoms with van der Waals surface area (Å²) in [5.41, 5.74) is 3.89. The monoisotopic (exact) mass is 540 g/mol. The Labute approximate surface area is 235 Å². The van der Waals surface area contributed by atoms with Gasteiger partial charge >= 0.3 is 0 Å². The van der Waals surface area contributed by atoms with E-state index in [2.05, 4.69) is 12.2 Å². The Morgan fingerprint density at radius 1 is 0.975 bits per heavy atom. The van der Waals surface area contributed by atoms with Gasteiger partial charge in [0.15, 0.2) is 0 Å². The minimum absolute atomic E-state index is 0.0178. The summed E-state index contributed by atoms with van der Waals surface area (Å²) in [5, 5.41) is 14.4. The minimum Gasteiger partial charge on any atom is -0.507 e. The van der Waals surface area contributed by atoms with Crippen LogP contribution in [0.3, 0.4) is 0 Å². The Bertz CT molecular complexity index is 1460. The van der Waals surface area contributed by atoms with Crippen LogP contribution in [0.15, 0.2) is 72.3 Å². The van der Waals surface area contributed by atoms with Crippen LogP contribution in [-0.2, 0) is 26.2 Å². The molecule has 208 valence electrons. The van der Waals surface area contributed by atoms with E-state index < -0.39 is 17.7 Å². The van der Waals surface area contributed by atoms with Crippen LogP contribution >= 0.6 is 0 Å². The van der Waals surface area contributed by atoms with Crippen LogP contribution in [0.5, 0.6) is 5.75 Å². The van der Waals surface area contributed by atoms with Crippen molar-refractivity contribution in [3.8, 4) is 5.75 Å².